The SMILES string of the molecule is COc1cc(Cl)c(S(=O)(=O)NCc2ccc3c(c2)CNC3)cc1OC.Cl. The number of ether oxygens (including phenoxy) is 2. The number of nitrogens with one attached hydrogen (secondary N) is 2. The van der Waals surface area contributed by atoms with Gasteiger partial charge in [-0.2, -0.15) is 0 Å². The average Bonchev–Trinajstić information content (AvgIpc) is 3.07. The minimum Gasteiger partial charge on any atom is -0.493 e. The summed E-state index contributed by atoms with van der Waals surface area (Å²) in [6.07, 6.45) is 0. The highest BCUT2D eigenvalue weighted by Gasteiger charge is 2.21. The summed E-state index contributed by atoms with van der Waals surface area (Å²) in [5.41, 5.74) is 3.33. The zero-order chi connectivity index (χ0) is 18.0. The fourth-order valence-corrected chi connectivity index (χ4v) is 4.30. The van der Waals surface area contributed by atoms with Crippen molar-refractivity contribution in [1.29, 1.82) is 0 Å². The minimum absolute atomic E-state index is 0. The highest BCUT2D eigenvalue weighted by molar-refractivity contribution is 7.89. The first-order valence-corrected chi connectivity index (χ1v) is 9.53. The van der Waals surface area contributed by atoms with E-state index < -0.39 is 10.0 Å². The Bertz CT molecular complexity index is 904. The van der Waals surface area contributed by atoms with Crippen molar-refractivity contribution < 1.29 is 17.9 Å². The molecule has 0 saturated carbocycles. The summed E-state index contributed by atoms with van der Waals surface area (Å²) in [7, 11) is -0.894. The third-order valence-electron chi connectivity index (χ3n) is 4.10. The molecule has 1 heterocycles. The van der Waals surface area contributed by atoms with Gasteiger partial charge < -0.3 is 14.8 Å². The maximum atomic E-state index is 12.6. The van der Waals surface area contributed by atoms with Gasteiger partial charge in [-0.3, -0.25) is 0 Å². The first-order valence-electron chi connectivity index (χ1n) is 7.67. The van der Waals surface area contributed by atoms with E-state index in [-0.39, 0.29) is 28.9 Å². The van der Waals surface area contributed by atoms with Crippen LogP contribution in [0.2, 0.25) is 5.02 Å². The molecule has 2 aromatic carbocycles. The van der Waals surface area contributed by atoms with Crippen LogP contribution in [0.25, 0.3) is 0 Å². The number of fused-ring (bicyclic) bond motifs is 1. The molecule has 3 rings (SSSR count). The molecule has 6 nitrogen and oxygen atoms in total. The molecule has 1 aliphatic heterocycles. The quantitative estimate of drug-likeness (QED) is 0.753. The van der Waals surface area contributed by atoms with Crippen molar-refractivity contribution in [2.45, 2.75) is 24.5 Å². The summed E-state index contributed by atoms with van der Waals surface area (Å²) in [5.74, 6) is 0.674. The second kappa shape index (κ2) is 8.45. The topological polar surface area (TPSA) is 76.7 Å². The van der Waals surface area contributed by atoms with Crippen LogP contribution in [0.15, 0.2) is 35.2 Å². The van der Waals surface area contributed by atoms with Crippen molar-refractivity contribution in [3.63, 3.8) is 0 Å². The summed E-state index contributed by atoms with van der Waals surface area (Å²) in [5, 5.41) is 3.33. The molecule has 0 unspecified atom stereocenters. The van der Waals surface area contributed by atoms with Gasteiger partial charge in [0.1, 0.15) is 4.90 Å². The van der Waals surface area contributed by atoms with Crippen molar-refractivity contribution in [1.82, 2.24) is 10.0 Å². The van der Waals surface area contributed by atoms with Crippen molar-refractivity contribution in [2.24, 2.45) is 0 Å². The molecule has 0 aromatic heterocycles. The molecule has 0 amide bonds. The van der Waals surface area contributed by atoms with Crippen molar-refractivity contribution >= 4 is 34.0 Å². The van der Waals surface area contributed by atoms with E-state index in [1.54, 1.807) is 0 Å². The molecule has 0 radical (unpaired) electrons. The fraction of sp³-hybridized carbons (Fsp3) is 0.294. The fourth-order valence-electron chi connectivity index (χ4n) is 2.76. The minimum atomic E-state index is -3.79. The molecule has 1 aliphatic rings. The Labute approximate surface area is 164 Å². The smallest absolute Gasteiger partial charge is 0.242 e. The molecule has 0 aliphatic carbocycles. The summed E-state index contributed by atoms with van der Waals surface area (Å²) in [6, 6.07) is 8.73. The zero-order valence-corrected chi connectivity index (χ0v) is 16.7. The lowest BCUT2D eigenvalue weighted by Gasteiger charge is -2.13. The number of hydrogen-bond acceptors (Lipinski definition) is 5. The highest BCUT2D eigenvalue weighted by Crippen LogP contribution is 2.35. The van der Waals surface area contributed by atoms with E-state index in [0.29, 0.717) is 11.5 Å². The summed E-state index contributed by atoms with van der Waals surface area (Å²) >= 11 is 6.12. The van der Waals surface area contributed by atoms with E-state index in [1.807, 2.05) is 18.2 Å². The first-order chi connectivity index (χ1) is 11.9. The lowest BCUT2D eigenvalue weighted by Crippen LogP contribution is -2.23. The molecule has 0 bridgehead atoms. The van der Waals surface area contributed by atoms with E-state index in [9.17, 15) is 8.42 Å². The molecule has 26 heavy (non-hydrogen) atoms. The van der Waals surface area contributed by atoms with Crippen LogP contribution < -0.4 is 19.5 Å². The van der Waals surface area contributed by atoms with Crippen LogP contribution in [0.3, 0.4) is 0 Å². The van der Waals surface area contributed by atoms with Crippen LogP contribution in [0.4, 0.5) is 0 Å². The molecule has 0 saturated heterocycles. The summed E-state index contributed by atoms with van der Waals surface area (Å²) in [6.45, 7) is 1.83. The lowest BCUT2D eigenvalue weighted by molar-refractivity contribution is 0.354. The van der Waals surface area contributed by atoms with Crippen LogP contribution in [0, 0.1) is 0 Å². The predicted molar refractivity (Wildman–Crippen MR) is 103 cm³/mol. The van der Waals surface area contributed by atoms with Crippen LogP contribution in [-0.4, -0.2) is 22.6 Å². The number of rotatable bonds is 6. The van der Waals surface area contributed by atoms with Crippen molar-refractivity contribution in [3.05, 3.63) is 52.0 Å². The Morgan fingerprint density at radius 1 is 1.08 bits per heavy atom. The van der Waals surface area contributed by atoms with Crippen LogP contribution in [-0.2, 0) is 29.7 Å². The second-order valence-electron chi connectivity index (χ2n) is 5.67. The number of benzene rings is 2. The Morgan fingerprint density at radius 3 is 2.42 bits per heavy atom. The van der Waals surface area contributed by atoms with Gasteiger partial charge >= 0.3 is 0 Å². The van der Waals surface area contributed by atoms with E-state index >= 15 is 0 Å². The molecular formula is C17H20Cl2N2O4S. The Morgan fingerprint density at radius 2 is 1.73 bits per heavy atom. The number of sulfonamides is 1. The van der Waals surface area contributed by atoms with Crippen LogP contribution >= 0.6 is 24.0 Å². The Kier molecular flexibility index (Phi) is 6.76. The molecule has 142 valence electrons. The molecule has 0 fully saturated rings. The van der Waals surface area contributed by atoms with E-state index in [4.69, 9.17) is 21.1 Å². The molecule has 0 spiro atoms. The van der Waals surface area contributed by atoms with Crippen LogP contribution in [0.5, 0.6) is 11.5 Å². The van der Waals surface area contributed by atoms with Crippen molar-refractivity contribution in [3.8, 4) is 11.5 Å². The number of hydrogen-bond donors (Lipinski definition) is 2. The van der Waals surface area contributed by atoms with Gasteiger partial charge in [-0.05, 0) is 16.7 Å². The monoisotopic (exact) mass is 418 g/mol. The second-order valence-corrected chi connectivity index (χ2v) is 7.81. The van der Waals surface area contributed by atoms with E-state index in [1.165, 1.54) is 37.5 Å². The number of halogens is 2. The molecule has 2 aromatic rings. The lowest BCUT2D eigenvalue weighted by atomic mass is 10.1. The van der Waals surface area contributed by atoms with E-state index in [2.05, 4.69) is 10.0 Å². The Hall–Kier alpha value is -1.51. The average molecular weight is 419 g/mol. The van der Waals surface area contributed by atoms with Gasteiger partial charge in [-0.15, -0.1) is 12.4 Å². The first kappa shape index (κ1) is 20.8. The van der Waals surface area contributed by atoms with Gasteiger partial charge in [0, 0.05) is 31.8 Å². The third-order valence-corrected chi connectivity index (χ3v) is 5.96. The van der Waals surface area contributed by atoms with E-state index in [0.717, 1.165) is 18.7 Å². The highest BCUT2D eigenvalue weighted by atomic mass is 35.5. The summed E-state index contributed by atoms with van der Waals surface area (Å²) in [4.78, 5) is -0.0466. The molecule has 2 N–H and O–H groups in total. The third kappa shape index (κ3) is 4.24. The van der Waals surface area contributed by atoms with Gasteiger partial charge in [0.25, 0.3) is 0 Å². The zero-order valence-electron chi connectivity index (χ0n) is 14.3. The molecular weight excluding hydrogens is 399 g/mol. The maximum Gasteiger partial charge on any atom is 0.242 e. The summed E-state index contributed by atoms with van der Waals surface area (Å²) < 4.78 is 38.1. The van der Waals surface area contributed by atoms with Gasteiger partial charge in [-0.25, -0.2) is 13.1 Å². The van der Waals surface area contributed by atoms with Crippen LogP contribution in [0.1, 0.15) is 16.7 Å². The van der Waals surface area contributed by atoms with Gasteiger partial charge in [0.2, 0.25) is 10.0 Å². The maximum absolute atomic E-state index is 12.6. The van der Waals surface area contributed by atoms with Gasteiger partial charge in [0.05, 0.1) is 19.2 Å². The molecule has 9 heteroatoms. The Balaban J connectivity index is 0.00000243. The van der Waals surface area contributed by atoms with Gasteiger partial charge in [-0.1, -0.05) is 29.8 Å². The number of methoxy groups -OCH3 is 2. The standard InChI is InChI=1S/C17H19ClN2O4S.ClH/c1-23-15-6-14(18)17(7-16(15)24-2)25(21,22)20-8-11-3-4-12-9-19-10-13(12)5-11;/h3-7,19-20H,8-10H2,1-2H3;1H. The molecule has 0 atom stereocenters. The predicted octanol–water partition coefficient (Wildman–Crippen LogP) is 2.86. The normalized spacial score (nSPS) is 13.0. The van der Waals surface area contributed by atoms with Gasteiger partial charge in [0.15, 0.2) is 11.5 Å². The largest absolute Gasteiger partial charge is 0.493 e. The van der Waals surface area contributed by atoms with Crippen molar-refractivity contribution in [2.75, 3.05) is 14.2 Å².